The largest absolute Gasteiger partial charge is 0.510 e. The Hall–Kier alpha value is -1.52. The summed E-state index contributed by atoms with van der Waals surface area (Å²) in [4.78, 5) is 10.6. The summed E-state index contributed by atoms with van der Waals surface area (Å²) in [5.41, 5.74) is 0. The molecule has 0 unspecified atom stereocenters. The summed E-state index contributed by atoms with van der Waals surface area (Å²) in [6.07, 6.45) is 4.86. The maximum Gasteiger partial charge on any atom is 0.510 e. The van der Waals surface area contributed by atoms with Gasteiger partial charge >= 0.3 is 16.3 Å². The molecule has 0 aliphatic heterocycles. The van der Waals surface area contributed by atoms with E-state index < -0.39 is 22.2 Å². The van der Waals surface area contributed by atoms with Crippen molar-refractivity contribution in [2.24, 2.45) is 0 Å². The number of terminal acetylenes is 1. The van der Waals surface area contributed by atoms with Crippen molar-refractivity contribution >= 4 is 16.3 Å². The monoisotopic (exact) mass is 234 g/mol. The first-order chi connectivity index (χ1) is 7.02. The molecule has 0 fully saturated rings. The highest BCUT2D eigenvalue weighted by Crippen LogP contribution is 1.96. The van der Waals surface area contributed by atoms with Crippen molar-refractivity contribution in [1.82, 2.24) is 0 Å². The van der Waals surface area contributed by atoms with Crippen LogP contribution in [0.1, 0.15) is 0 Å². The normalized spacial score (nSPS) is 10.1. The molecule has 0 aliphatic carbocycles. The topological polar surface area (TPSA) is 78.9 Å². The first-order valence-corrected chi connectivity index (χ1v) is 5.30. The van der Waals surface area contributed by atoms with Crippen molar-refractivity contribution in [2.75, 3.05) is 19.2 Å². The molecule has 0 saturated carbocycles. The number of carbonyl (C=O) groups excluding carboxylic acids is 1. The van der Waals surface area contributed by atoms with Gasteiger partial charge in [-0.25, -0.2) is 4.79 Å². The minimum Gasteiger partial charge on any atom is -0.421 e. The van der Waals surface area contributed by atoms with Crippen LogP contribution < -0.4 is 0 Å². The zero-order chi connectivity index (χ0) is 11.7. The molecular weight excluding hydrogens is 224 g/mol. The molecule has 0 bridgehead atoms. The predicted molar refractivity (Wildman–Crippen MR) is 51.2 cm³/mol. The first-order valence-electron chi connectivity index (χ1n) is 3.73. The standard InChI is InChI=1S/C8H10O6S/c1-3-5-12-8(9)13-7-15(10,11)14-6-4-2/h1,4H,2,5-7H2. The lowest BCUT2D eigenvalue weighted by Gasteiger charge is -2.04. The fraction of sp³-hybridized carbons (Fsp3) is 0.375. The smallest absolute Gasteiger partial charge is 0.421 e. The molecule has 0 rings (SSSR count). The number of carbonyl (C=O) groups is 1. The molecule has 0 N–H and O–H groups in total. The van der Waals surface area contributed by atoms with Gasteiger partial charge in [0.25, 0.3) is 0 Å². The molecule has 0 heterocycles. The van der Waals surface area contributed by atoms with Gasteiger partial charge in [0.15, 0.2) is 6.61 Å². The lowest BCUT2D eigenvalue weighted by Crippen LogP contribution is -2.17. The second kappa shape index (κ2) is 6.86. The summed E-state index contributed by atoms with van der Waals surface area (Å²) >= 11 is 0. The molecule has 0 aromatic carbocycles. The Labute approximate surface area is 87.9 Å². The van der Waals surface area contributed by atoms with E-state index in [0.29, 0.717) is 0 Å². The molecule has 7 heteroatoms. The van der Waals surface area contributed by atoms with Crippen LogP contribution in [0, 0.1) is 12.3 Å². The molecule has 15 heavy (non-hydrogen) atoms. The summed E-state index contributed by atoms with van der Waals surface area (Å²) in [7, 11) is -3.91. The Kier molecular flexibility index (Phi) is 6.17. The van der Waals surface area contributed by atoms with Gasteiger partial charge in [0.2, 0.25) is 5.94 Å². The molecule has 0 aliphatic rings. The molecular formula is C8H10O6S. The molecule has 0 spiro atoms. The highest BCUT2D eigenvalue weighted by molar-refractivity contribution is 7.86. The van der Waals surface area contributed by atoms with E-state index in [2.05, 4.69) is 20.2 Å². The first kappa shape index (κ1) is 13.5. The van der Waals surface area contributed by atoms with Crippen molar-refractivity contribution in [2.45, 2.75) is 0 Å². The summed E-state index contributed by atoms with van der Waals surface area (Å²) in [5, 5.41) is 0. The number of ether oxygens (including phenoxy) is 2. The van der Waals surface area contributed by atoms with Crippen LogP contribution in [0.2, 0.25) is 0 Å². The molecule has 84 valence electrons. The van der Waals surface area contributed by atoms with Gasteiger partial charge < -0.3 is 9.47 Å². The number of hydrogen-bond acceptors (Lipinski definition) is 6. The SMILES string of the molecule is C#CCOC(=O)OCS(=O)(=O)OCC=C. The average Bonchev–Trinajstić information content (AvgIpc) is 2.21. The van der Waals surface area contributed by atoms with Gasteiger partial charge in [-0.15, -0.1) is 13.0 Å². The average molecular weight is 234 g/mol. The Balaban J connectivity index is 3.89. The van der Waals surface area contributed by atoms with Crippen LogP contribution in [0.25, 0.3) is 0 Å². The molecule has 6 nitrogen and oxygen atoms in total. The summed E-state index contributed by atoms with van der Waals surface area (Å²) < 4.78 is 34.6. The molecule has 0 saturated heterocycles. The fourth-order valence-corrected chi connectivity index (χ4v) is 1.06. The third-order valence-corrected chi connectivity index (χ3v) is 1.86. The molecule has 0 aromatic rings. The summed E-state index contributed by atoms with van der Waals surface area (Å²) in [6.45, 7) is 2.78. The molecule has 0 atom stereocenters. The highest BCUT2D eigenvalue weighted by atomic mass is 32.2. The number of hydrogen-bond donors (Lipinski definition) is 0. The second-order valence-corrected chi connectivity index (χ2v) is 3.72. The van der Waals surface area contributed by atoms with Crippen molar-refractivity contribution in [3.05, 3.63) is 12.7 Å². The van der Waals surface area contributed by atoms with Crippen LogP contribution in [0.15, 0.2) is 12.7 Å². The van der Waals surface area contributed by atoms with Crippen molar-refractivity contribution in [1.29, 1.82) is 0 Å². The van der Waals surface area contributed by atoms with Gasteiger partial charge in [0.1, 0.15) is 0 Å². The Morgan fingerprint density at radius 2 is 2.13 bits per heavy atom. The third-order valence-electron chi connectivity index (χ3n) is 0.960. The van der Waals surface area contributed by atoms with Gasteiger partial charge in [-0.3, -0.25) is 4.18 Å². The minimum absolute atomic E-state index is 0.189. The number of rotatable bonds is 6. The molecule has 0 radical (unpaired) electrons. The van der Waals surface area contributed by atoms with Crippen LogP contribution in [0.3, 0.4) is 0 Å². The second-order valence-electron chi connectivity index (χ2n) is 2.14. The molecule has 0 amide bonds. The van der Waals surface area contributed by atoms with Gasteiger partial charge in [-0.2, -0.15) is 8.42 Å². The lowest BCUT2D eigenvalue weighted by atomic mass is 10.7. The Morgan fingerprint density at radius 3 is 2.67 bits per heavy atom. The van der Waals surface area contributed by atoms with Gasteiger partial charge in [-0.1, -0.05) is 12.0 Å². The van der Waals surface area contributed by atoms with E-state index in [1.807, 2.05) is 5.92 Å². The van der Waals surface area contributed by atoms with Crippen LogP contribution in [-0.4, -0.2) is 33.7 Å². The van der Waals surface area contributed by atoms with Crippen molar-refractivity contribution < 1.29 is 26.9 Å². The minimum atomic E-state index is -3.91. The maximum absolute atomic E-state index is 10.9. The van der Waals surface area contributed by atoms with E-state index in [1.165, 1.54) is 6.08 Å². The van der Waals surface area contributed by atoms with Crippen LogP contribution in [0.4, 0.5) is 4.79 Å². The van der Waals surface area contributed by atoms with Gasteiger partial charge in [0.05, 0.1) is 6.61 Å². The van der Waals surface area contributed by atoms with E-state index in [-0.39, 0.29) is 13.2 Å². The van der Waals surface area contributed by atoms with Crippen LogP contribution in [0.5, 0.6) is 0 Å². The van der Waals surface area contributed by atoms with E-state index in [9.17, 15) is 13.2 Å². The Morgan fingerprint density at radius 1 is 1.47 bits per heavy atom. The molecule has 0 aromatic heterocycles. The highest BCUT2D eigenvalue weighted by Gasteiger charge is 2.14. The zero-order valence-electron chi connectivity index (χ0n) is 7.84. The summed E-state index contributed by atoms with van der Waals surface area (Å²) in [6, 6.07) is 0. The Bertz CT molecular complexity index is 350. The van der Waals surface area contributed by atoms with E-state index in [4.69, 9.17) is 6.42 Å². The van der Waals surface area contributed by atoms with Crippen molar-refractivity contribution in [3.8, 4) is 12.3 Å². The van der Waals surface area contributed by atoms with E-state index >= 15 is 0 Å². The quantitative estimate of drug-likeness (QED) is 0.284. The summed E-state index contributed by atoms with van der Waals surface area (Å²) in [5.74, 6) is 1.09. The maximum atomic E-state index is 10.9. The predicted octanol–water partition coefficient (Wildman–Crippen LogP) is 0.263. The van der Waals surface area contributed by atoms with E-state index in [0.717, 1.165) is 0 Å². The van der Waals surface area contributed by atoms with E-state index in [1.54, 1.807) is 0 Å². The van der Waals surface area contributed by atoms with Crippen molar-refractivity contribution in [3.63, 3.8) is 0 Å². The lowest BCUT2D eigenvalue weighted by molar-refractivity contribution is 0.0754. The fourth-order valence-electron chi connectivity index (χ4n) is 0.448. The van der Waals surface area contributed by atoms with Crippen LogP contribution >= 0.6 is 0 Å². The van der Waals surface area contributed by atoms with Crippen LogP contribution in [-0.2, 0) is 23.8 Å². The third kappa shape index (κ3) is 7.54. The van der Waals surface area contributed by atoms with Gasteiger partial charge in [-0.05, 0) is 0 Å². The van der Waals surface area contributed by atoms with Gasteiger partial charge in [0, 0.05) is 0 Å². The zero-order valence-corrected chi connectivity index (χ0v) is 8.66.